The summed E-state index contributed by atoms with van der Waals surface area (Å²) < 4.78 is 0. The second kappa shape index (κ2) is 2.59. The smallest absolute Gasteiger partial charge is 0.149 e. The Labute approximate surface area is 67.6 Å². The van der Waals surface area contributed by atoms with E-state index in [0.717, 1.165) is 19.3 Å². The summed E-state index contributed by atoms with van der Waals surface area (Å²) in [6, 6.07) is 0.994. The molecule has 0 aromatic rings. The number of nitrogens with zero attached hydrogens (tertiary/aromatic N) is 1. The van der Waals surface area contributed by atoms with Gasteiger partial charge in [-0.1, -0.05) is 0 Å². The van der Waals surface area contributed by atoms with Gasteiger partial charge in [0.15, 0.2) is 0 Å². The number of Topliss-reactive ketones (excluding diaryl/α,β-unsaturated/α-hetero) is 1. The molecule has 2 nitrogen and oxygen atoms in total. The van der Waals surface area contributed by atoms with E-state index in [-0.39, 0.29) is 6.04 Å². The number of likely N-dealkylation sites (N-methyl/N-ethyl adjacent to an activating group) is 1. The largest absolute Gasteiger partial charge is 0.298 e. The van der Waals surface area contributed by atoms with E-state index in [0.29, 0.717) is 11.8 Å². The molecule has 0 aromatic carbocycles. The summed E-state index contributed by atoms with van der Waals surface area (Å²) in [6.45, 7) is 0. The molecule has 0 saturated carbocycles. The zero-order chi connectivity index (χ0) is 7.84. The second-order valence-corrected chi connectivity index (χ2v) is 3.77. The Kier molecular flexibility index (Phi) is 1.72. The molecule has 0 aromatic heterocycles. The summed E-state index contributed by atoms with van der Waals surface area (Å²) in [6.07, 6.45) is 5.53. The van der Waals surface area contributed by atoms with E-state index in [4.69, 9.17) is 0 Å². The van der Waals surface area contributed by atoms with E-state index in [1.807, 2.05) is 0 Å². The third kappa shape index (κ3) is 1.09. The van der Waals surface area contributed by atoms with Gasteiger partial charge in [0.1, 0.15) is 5.78 Å². The third-order valence-electron chi connectivity index (χ3n) is 3.17. The normalized spacial score (nSPS) is 39.2. The van der Waals surface area contributed by atoms with Crippen LogP contribution in [0.25, 0.3) is 0 Å². The van der Waals surface area contributed by atoms with E-state index in [9.17, 15) is 4.79 Å². The molecule has 0 radical (unpaired) electrons. The van der Waals surface area contributed by atoms with E-state index < -0.39 is 0 Å². The summed E-state index contributed by atoms with van der Waals surface area (Å²) in [5, 5.41) is 0. The number of carbonyl (C=O) groups is 1. The molecule has 11 heavy (non-hydrogen) atoms. The van der Waals surface area contributed by atoms with E-state index in [1.54, 1.807) is 0 Å². The Hall–Kier alpha value is -0.370. The summed E-state index contributed by atoms with van der Waals surface area (Å²) in [7, 11) is 2.10. The average Bonchev–Trinajstić information content (AvgIpc) is 2.23. The number of carbonyl (C=O) groups excluding carboxylic acids is 1. The molecule has 0 N–H and O–H groups in total. The number of rotatable bonds is 0. The van der Waals surface area contributed by atoms with Crippen LogP contribution in [0, 0.1) is 0 Å². The first kappa shape index (κ1) is 7.29. The van der Waals surface area contributed by atoms with Crippen molar-refractivity contribution < 1.29 is 4.79 Å². The highest BCUT2D eigenvalue weighted by Gasteiger charge is 2.36. The van der Waals surface area contributed by atoms with Gasteiger partial charge in [-0.05, 0) is 32.7 Å². The Morgan fingerprint density at radius 3 is 3.00 bits per heavy atom. The van der Waals surface area contributed by atoms with Crippen LogP contribution in [-0.2, 0) is 4.79 Å². The molecule has 2 aliphatic heterocycles. The first-order valence-electron chi connectivity index (χ1n) is 4.53. The molecule has 0 spiro atoms. The van der Waals surface area contributed by atoms with E-state index in [2.05, 4.69) is 11.9 Å². The molecule has 0 amide bonds. The number of fused-ring (bicyclic) bond motifs is 2. The molecule has 2 saturated heterocycles. The Morgan fingerprint density at radius 2 is 2.18 bits per heavy atom. The van der Waals surface area contributed by atoms with Crippen molar-refractivity contribution in [2.45, 2.75) is 44.2 Å². The molecule has 2 heterocycles. The molecule has 2 fully saturated rings. The van der Waals surface area contributed by atoms with Gasteiger partial charge in [0.05, 0.1) is 6.04 Å². The van der Waals surface area contributed by atoms with Crippen molar-refractivity contribution in [2.24, 2.45) is 0 Å². The Bertz CT molecular complexity index is 178. The maximum absolute atomic E-state index is 11.4. The minimum absolute atomic E-state index is 0.280. The summed E-state index contributed by atoms with van der Waals surface area (Å²) in [5.41, 5.74) is 0. The average molecular weight is 153 g/mol. The van der Waals surface area contributed by atoms with Crippen molar-refractivity contribution in [1.82, 2.24) is 4.90 Å². The monoisotopic (exact) mass is 153 g/mol. The van der Waals surface area contributed by atoms with Crippen molar-refractivity contribution in [2.75, 3.05) is 7.05 Å². The minimum atomic E-state index is 0.280. The molecule has 2 bridgehead atoms. The lowest BCUT2D eigenvalue weighted by Crippen LogP contribution is -2.34. The summed E-state index contributed by atoms with van der Waals surface area (Å²) in [5.74, 6) is 0.479. The minimum Gasteiger partial charge on any atom is -0.298 e. The molecular weight excluding hydrogens is 138 g/mol. The molecule has 2 rings (SSSR count). The fraction of sp³-hybridized carbons (Fsp3) is 0.889. The highest BCUT2D eigenvalue weighted by atomic mass is 16.1. The lowest BCUT2D eigenvalue weighted by Gasteiger charge is -2.20. The molecule has 2 unspecified atom stereocenters. The van der Waals surface area contributed by atoms with Gasteiger partial charge in [0.25, 0.3) is 0 Å². The van der Waals surface area contributed by atoms with Gasteiger partial charge in [-0.3, -0.25) is 9.69 Å². The predicted octanol–water partition coefficient (Wildman–Crippen LogP) is 1.20. The molecule has 2 aliphatic rings. The van der Waals surface area contributed by atoms with E-state index >= 15 is 0 Å². The number of ketones is 1. The number of hydrogen-bond donors (Lipinski definition) is 0. The quantitative estimate of drug-likeness (QED) is 0.521. The third-order valence-corrected chi connectivity index (χ3v) is 3.17. The molecule has 62 valence electrons. The van der Waals surface area contributed by atoms with Gasteiger partial charge in [0.2, 0.25) is 0 Å². The first-order chi connectivity index (χ1) is 5.29. The predicted molar refractivity (Wildman–Crippen MR) is 43.4 cm³/mol. The fourth-order valence-corrected chi connectivity index (χ4v) is 2.43. The Morgan fingerprint density at radius 1 is 1.36 bits per heavy atom. The second-order valence-electron chi connectivity index (χ2n) is 3.77. The van der Waals surface area contributed by atoms with Gasteiger partial charge in [0, 0.05) is 12.5 Å². The maximum Gasteiger partial charge on any atom is 0.149 e. The fourth-order valence-electron chi connectivity index (χ4n) is 2.43. The van der Waals surface area contributed by atoms with Crippen LogP contribution in [0.1, 0.15) is 32.1 Å². The maximum atomic E-state index is 11.4. The van der Waals surface area contributed by atoms with Gasteiger partial charge in [-0.25, -0.2) is 0 Å². The van der Waals surface area contributed by atoms with Crippen LogP contribution >= 0.6 is 0 Å². The zero-order valence-corrected chi connectivity index (χ0v) is 7.05. The molecular formula is C9H15NO. The molecule has 2 heteroatoms. The van der Waals surface area contributed by atoms with Gasteiger partial charge in [-0.15, -0.1) is 0 Å². The van der Waals surface area contributed by atoms with Crippen molar-refractivity contribution in [3.8, 4) is 0 Å². The van der Waals surface area contributed by atoms with Crippen LogP contribution < -0.4 is 0 Å². The van der Waals surface area contributed by atoms with Crippen LogP contribution in [0.5, 0.6) is 0 Å². The summed E-state index contributed by atoms with van der Waals surface area (Å²) in [4.78, 5) is 13.7. The lowest BCUT2D eigenvalue weighted by atomic mass is 10.0. The van der Waals surface area contributed by atoms with E-state index in [1.165, 1.54) is 12.8 Å². The Balaban J connectivity index is 2.18. The van der Waals surface area contributed by atoms with Crippen LogP contribution in [0.3, 0.4) is 0 Å². The summed E-state index contributed by atoms with van der Waals surface area (Å²) >= 11 is 0. The van der Waals surface area contributed by atoms with Crippen LogP contribution in [0.2, 0.25) is 0 Å². The number of hydrogen-bond acceptors (Lipinski definition) is 2. The van der Waals surface area contributed by atoms with Crippen molar-refractivity contribution in [3.63, 3.8) is 0 Å². The molecule has 2 atom stereocenters. The SMILES string of the molecule is CN1C2CCCC(=O)C1CC2. The molecule has 0 aliphatic carbocycles. The van der Waals surface area contributed by atoms with Crippen molar-refractivity contribution in [1.29, 1.82) is 0 Å². The zero-order valence-electron chi connectivity index (χ0n) is 7.05. The van der Waals surface area contributed by atoms with Crippen LogP contribution in [0.4, 0.5) is 0 Å². The van der Waals surface area contributed by atoms with Gasteiger partial charge >= 0.3 is 0 Å². The van der Waals surface area contributed by atoms with Crippen LogP contribution in [0.15, 0.2) is 0 Å². The lowest BCUT2D eigenvalue weighted by molar-refractivity contribution is -0.122. The standard InChI is InChI=1S/C9H15NO/c1-10-7-3-2-4-9(11)8(10)6-5-7/h7-8H,2-6H2,1H3. The highest BCUT2D eigenvalue weighted by molar-refractivity contribution is 5.84. The van der Waals surface area contributed by atoms with Crippen molar-refractivity contribution >= 4 is 5.78 Å². The highest BCUT2D eigenvalue weighted by Crippen LogP contribution is 2.30. The van der Waals surface area contributed by atoms with Gasteiger partial charge in [-0.2, -0.15) is 0 Å². The van der Waals surface area contributed by atoms with Gasteiger partial charge < -0.3 is 0 Å². The topological polar surface area (TPSA) is 20.3 Å². The van der Waals surface area contributed by atoms with Crippen LogP contribution in [-0.4, -0.2) is 29.8 Å². The first-order valence-corrected chi connectivity index (χ1v) is 4.53. The van der Waals surface area contributed by atoms with Crippen molar-refractivity contribution in [3.05, 3.63) is 0 Å².